The number of esters is 1. The van der Waals surface area contributed by atoms with Gasteiger partial charge in [0.05, 0.1) is 0 Å². The summed E-state index contributed by atoms with van der Waals surface area (Å²) in [5.41, 5.74) is 2.23. The maximum atomic E-state index is 13.0. The van der Waals surface area contributed by atoms with Crippen molar-refractivity contribution in [1.29, 1.82) is 0 Å². The summed E-state index contributed by atoms with van der Waals surface area (Å²) in [5.74, 6) is -0.559. The van der Waals surface area contributed by atoms with Crippen LogP contribution >= 0.6 is 0 Å². The minimum atomic E-state index is -0.757. The first-order valence-corrected chi connectivity index (χ1v) is 11.1. The van der Waals surface area contributed by atoms with E-state index in [1.165, 1.54) is 0 Å². The molecule has 0 atom stereocenters. The Morgan fingerprint density at radius 3 is 2.44 bits per heavy atom. The Labute approximate surface area is 200 Å². The number of benzene rings is 2. The maximum Gasteiger partial charge on any atom is 0.361 e. The van der Waals surface area contributed by atoms with Crippen molar-refractivity contribution in [2.75, 3.05) is 6.61 Å². The molecule has 3 aromatic rings. The molecule has 2 aromatic carbocycles. The summed E-state index contributed by atoms with van der Waals surface area (Å²) in [6.07, 6.45) is 3.90. The summed E-state index contributed by atoms with van der Waals surface area (Å²) in [6.45, 7) is 11.0. The second-order valence-electron chi connectivity index (χ2n) is 8.84. The Hall–Kier alpha value is -3.93. The van der Waals surface area contributed by atoms with Gasteiger partial charge in [-0.2, -0.15) is 0 Å². The van der Waals surface area contributed by atoms with Crippen LogP contribution in [0.2, 0.25) is 0 Å². The quantitative estimate of drug-likeness (QED) is 0.356. The Balaban J connectivity index is 2.01. The third-order valence-electron chi connectivity index (χ3n) is 4.78. The smallest absolute Gasteiger partial charge is 0.361 e. The third kappa shape index (κ3) is 6.54. The zero-order valence-electron chi connectivity index (χ0n) is 20.1. The first-order valence-electron chi connectivity index (χ1n) is 11.1. The molecule has 0 saturated carbocycles. The molecule has 6 heteroatoms. The largest absolute Gasteiger partial charge is 0.481 e. The Morgan fingerprint density at radius 1 is 1.09 bits per heavy atom. The number of carbonyl (C=O) groups excluding carboxylic acids is 1. The molecule has 0 aliphatic rings. The van der Waals surface area contributed by atoms with Crippen molar-refractivity contribution in [2.24, 2.45) is 0 Å². The number of nitrogens with one attached hydrogen (secondary N) is 1. The molecule has 0 unspecified atom stereocenters. The zero-order valence-corrected chi connectivity index (χ0v) is 20.1. The summed E-state index contributed by atoms with van der Waals surface area (Å²) < 4.78 is 11.2. The van der Waals surface area contributed by atoms with Crippen molar-refractivity contribution < 1.29 is 14.3 Å². The van der Waals surface area contributed by atoms with Gasteiger partial charge in [-0.1, -0.05) is 73.3 Å². The SMILES string of the molecule is C=C(C=CC)COc1c(C(=O)OC(C)(C)C)nc(Cc2ccccc2-c2ccccc2)[nH]c1=O. The molecule has 0 aliphatic carbocycles. The van der Waals surface area contributed by atoms with Gasteiger partial charge in [0.2, 0.25) is 5.75 Å². The van der Waals surface area contributed by atoms with E-state index in [-0.39, 0.29) is 18.1 Å². The van der Waals surface area contributed by atoms with Gasteiger partial charge in [-0.15, -0.1) is 0 Å². The van der Waals surface area contributed by atoms with Crippen LogP contribution in [0.4, 0.5) is 0 Å². The van der Waals surface area contributed by atoms with E-state index >= 15 is 0 Å². The monoisotopic (exact) mass is 458 g/mol. The summed E-state index contributed by atoms with van der Waals surface area (Å²) >= 11 is 0. The number of nitrogens with zero attached hydrogens (tertiary/aromatic N) is 1. The number of hydrogen-bond acceptors (Lipinski definition) is 5. The number of aromatic nitrogens is 2. The van der Waals surface area contributed by atoms with Gasteiger partial charge in [0, 0.05) is 6.42 Å². The molecule has 0 radical (unpaired) electrons. The van der Waals surface area contributed by atoms with Crippen LogP contribution in [0.25, 0.3) is 11.1 Å². The number of H-pyrrole nitrogens is 1. The van der Waals surface area contributed by atoms with Gasteiger partial charge in [-0.3, -0.25) is 4.79 Å². The van der Waals surface area contributed by atoms with Crippen molar-refractivity contribution in [1.82, 2.24) is 9.97 Å². The van der Waals surface area contributed by atoms with Crippen LogP contribution in [-0.2, 0) is 11.2 Å². The summed E-state index contributed by atoms with van der Waals surface area (Å²) in [6, 6.07) is 17.8. The molecule has 0 amide bonds. The van der Waals surface area contributed by atoms with E-state index in [2.05, 4.69) is 16.5 Å². The lowest BCUT2D eigenvalue weighted by Crippen LogP contribution is -2.28. The second-order valence-corrected chi connectivity index (χ2v) is 8.84. The highest BCUT2D eigenvalue weighted by Gasteiger charge is 2.26. The van der Waals surface area contributed by atoms with Crippen molar-refractivity contribution in [3.05, 3.63) is 106 Å². The Bertz CT molecular complexity index is 1250. The normalized spacial score (nSPS) is 11.4. The average Bonchev–Trinajstić information content (AvgIpc) is 2.78. The molecule has 6 nitrogen and oxygen atoms in total. The van der Waals surface area contributed by atoms with E-state index in [1.807, 2.05) is 67.6 Å². The standard InChI is InChI=1S/C28H30N2O4/c1-6-12-19(2)18-33-25-24(27(32)34-28(3,4)5)29-23(30-26(25)31)17-21-15-10-11-16-22(21)20-13-8-7-9-14-20/h6-16H,2,17-18H2,1,3-5H3,(H,29,30,31). The fraction of sp³-hybridized carbons (Fsp3) is 0.250. The van der Waals surface area contributed by atoms with E-state index in [1.54, 1.807) is 26.8 Å². The van der Waals surface area contributed by atoms with Crippen LogP contribution in [0.3, 0.4) is 0 Å². The Kier molecular flexibility index (Phi) is 7.84. The van der Waals surface area contributed by atoms with Crippen molar-refractivity contribution in [3.8, 4) is 16.9 Å². The van der Waals surface area contributed by atoms with Gasteiger partial charge in [-0.25, -0.2) is 9.78 Å². The molecular weight excluding hydrogens is 428 g/mol. The number of carbonyl (C=O) groups is 1. The minimum Gasteiger partial charge on any atom is -0.481 e. The van der Waals surface area contributed by atoms with Crippen molar-refractivity contribution in [2.45, 2.75) is 39.7 Å². The highest BCUT2D eigenvalue weighted by Crippen LogP contribution is 2.25. The highest BCUT2D eigenvalue weighted by atomic mass is 16.6. The molecule has 0 aliphatic heterocycles. The van der Waals surface area contributed by atoms with E-state index in [4.69, 9.17) is 9.47 Å². The maximum absolute atomic E-state index is 13.0. The summed E-state index contributed by atoms with van der Waals surface area (Å²) in [7, 11) is 0. The van der Waals surface area contributed by atoms with E-state index < -0.39 is 17.1 Å². The molecular formula is C28H30N2O4. The lowest BCUT2D eigenvalue weighted by molar-refractivity contribution is 0.00580. The van der Waals surface area contributed by atoms with Crippen LogP contribution in [0.15, 0.2) is 83.7 Å². The van der Waals surface area contributed by atoms with Crippen molar-refractivity contribution >= 4 is 5.97 Å². The molecule has 0 saturated heterocycles. The second kappa shape index (κ2) is 10.8. The first kappa shape index (κ1) is 24.7. The van der Waals surface area contributed by atoms with E-state index in [0.717, 1.165) is 16.7 Å². The number of rotatable bonds is 8. The van der Waals surface area contributed by atoms with Gasteiger partial charge >= 0.3 is 5.97 Å². The van der Waals surface area contributed by atoms with Crippen molar-refractivity contribution in [3.63, 3.8) is 0 Å². The third-order valence-corrected chi connectivity index (χ3v) is 4.78. The molecule has 0 spiro atoms. The number of allylic oxidation sites excluding steroid dienone is 1. The van der Waals surface area contributed by atoms with Gasteiger partial charge in [0.15, 0.2) is 5.69 Å². The van der Waals surface area contributed by atoms with Crippen LogP contribution in [0.5, 0.6) is 5.75 Å². The lowest BCUT2D eigenvalue weighted by atomic mass is 9.97. The van der Waals surface area contributed by atoms with Crippen LogP contribution in [0, 0.1) is 0 Å². The molecule has 34 heavy (non-hydrogen) atoms. The highest BCUT2D eigenvalue weighted by molar-refractivity contribution is 5.90. The van der Waals surface area contributed by atoms with Gasteiger partial charge in [-0.05, 0) is 50.0 Å². The van der Waals surface area contributed by atoms with Gasteiger partial charge < -0.3 is 14.5 Å². The minimum absolute atomic E-state index is 0.0427. The zero-order chi connectivity index (χ0) is 24.7. The predicted octanol–water partition coefficient (Wildman–Crippen LogP) is 5.49. The fourth-order valence-electron chi connectivity index (χ4n) is 3.39. The number of ether oxygens (including phenoxy) is 2. The molecule has 3 rings (SSSR count). The molecule has 1 N–H and O–H groups in total. The average molecular weight is 459 g/mol. The number of hydrogen-bond donors (Lipinski definition) is 1. The Morgan fingerprint density at radius 2 is 1.76 bits per heavy atom. The topological polar surface area (TPSA) is 81.3 Å². The van der Waals surface area contributed by atoms with Crippen LogP contribution < -0.4 is 10.3 Å². The van der Waals surface area contributed by atoms with Gasteiger partial charge in [0.25, 0.3) is 5.56 Å². The predicted molar refractivity (Wildman–Crippen MR) is 134 cm³/mol. The van der Waals surface area contributed by atoms with E-state index in [9.17, 15) is 9.59 Å². The molecule has 0 fully saturated rings. The summed E-state index contributed by atoms with van der Waals surface area (Å²) in [4.78, 5) is 33.2. The fourth-order valence-corrected chi connectivity index (χ4v) is 3.39. The van der Waals surface area contributed by atoms with E-state index in [0.29, 0.717) is 17.8 Å². The van der Waals surface area contributed by atoms with Crippen LogP contribution in [0.1, 0.15) is 49.6 Å². The first-order chi connectivity index (χ1) is 16.2. The molecule has 0 bridgehead atoms. The summed E-state index contributed by atoms with van der Waals surface area (Å²) in [5, 5.41) is 0. The lowest BCUT2D eigenvalue weighted by Gasteiger charge is -2.20. The molecule has 176 valence electrons. The van der Waals surface area contributed by atoms with Crippen LogP contribution in [-0.4, -0.2) is 28.1 Å². The van der Waals surface area contributed by atoms with Gasteiger partial charge in [0.1, 0.15) is 18.0 Å². The molecule has 1 heterocycles. The molecule has 1 aromatic heterocycles. The number of aromatic amines is 1.